The van der Waals surface area contributed by atoms with Gasteiger partial charge in [0.2, 0.25) is 5.91 Å². The average Bonchev–Trinajstić information content (AvgIpc) is 2.89. The summed E-state index contributed by atoms with van der Waals surface area (Å²) in [5.41, 5.74) is 2.91. The number of carbonyl (C=O) groups excluding carboxylic acids is 2. The predicted octanol–water partition coefficient (Wildman–Crippen LogP) is 1.12. The van der Waals surface area contributed by atoms with Crippen LogP contribution in [0.5, 0.6) is 11.5 Å². The van der Waals surface area contributed by atoms with Gasteiger partial charge < -0.3 is 39.5 Å². The zero-order valence-corrected chi connectivity index (χ0v) is 20.0. The smallest absolute Gasteiger partial charge is 0.306 e. The maximum Gasteiger partial charge on any atom is 0.306 e. The van der Waals surface area contributed by atoms with E-state index in [1.807, 2.05) is 18.2 Å². The van der Waals surface area contributed by atoms with E-state index in [1.165, 1.54) is 7.11 Å². The largest absolute Gasteiger partial charge is 0.491 e. The minimum Gasteiger partial charge on any atom is -0.491 e. The van der Waals surface area contributed by atoms with Gasteiger partial charge >= 0.3 is 5.97 Å². The van der Waals surface area contributed by atoms with E-state index in [0.29, 0.717) is 17.2 Å². The zero-order chi connectivity index (χ0) is 26.1. The number of esters is 1. The summed E-state index contributed by atoms with van der Waals surface area (Å²) in [6.07, 6.45) is 1.56. The van der Waals surface area contributed by atoms with Crippen molar-refractivity contribution in [3.8, 4) is 11.5 Å². The first-order valence-corrected chi connectivity index (χ1v) is 11.5. The molecule has 0 saturated heterocycles. The van der Waals surface area contributed by atoms with Crippen LogP contribution in [0.4, 0.5) is 5.69 Å². The molecule has 3 rings (SSSR count). The molecule has 1 heterocycles. The number of anilines is 1. The van der Waals surface area contributed by atoms with E-state index in [2.05, 4.69) is 4.74 Å². The number of hydrogen-bond acceptors (Lipinski definition) is 9. The minimum absolute atomic E-state index is 0.0711. The molecule has 2 aromatic rings. The second-order valence-electron chi connectivity index (χ2n) is 8.27. The van der Waals surface area contributed by atoms with Gasteiger partial charge in [-0.1, -0.05) is 18.2 Å². The second kappa shape index (κ2) is 13.0. The fourth-order valence-electron chi connectivity index (χ4n) is 3.55. The van der Waals surface area contributed by atoms with Gasteiger partial charge in [0, 0.05) is 12.5 Å². The number of aliphatic hydroxyl groups excluding tert-OH is 4. The fraction of sp³-hybridized carbons (Fsp3) is 0.385. The van der Waals surface area contributed by atoms with E-state index in [1.54, 1.807) is 35.2 Å². The van der Waals surface area contributed by atoms with Gasteiger partial charge in [-0.25, -0.2) is 0 Å². The van der Waals surface area contributed by atoms with Crippen LogP contribution < -0.4 is 14.4 Å². The number of methoxy groups -OCH3 is 1. The first kappa shape index (κ1) is 27.2. The van der Waals surface area contributed by atoms with E-state index in [4.69, 9.17) is 19.7 Å². The first-order chi connectivity index (χ1) is 17.3. The van der Waals surface area contributed by atoms with Crippen LogP contribution in [0.3, 0.4) is 0 Å². The number of hydrogen-bond donors (Lipinski definition) is 4. The van der Waals surface area contributed by atoms with E-state index in [0.717, 1.165) is 16.7 Å². The molecule has 0 radical (unpaired) electrons. The van der Waals surface area contributed by atoms with Crippen molar-refractivity contribution in [2.75, 3.05) is 38.4 Å². The Labute approximate surface area is 209 Å². The molecule has 0 bridgehead atoms. The average molecular weight is 502 g/mol. The van der Waals surface area contributed by atoms with Gasteiger partial charge in [-0.2, -0.15) is 0 Å². The lowest BCUT2D eigenvalue weighted by atomic mass is 10.00. The Hall–Kier alpha value is -3.44. The molecule has 2 atom stereocenters. The summed E-state index contributed by atoms with van der Waals surface area (Å²) in [6.45, 7) is -0.912. The van der Waals surface area contributed by atoms with Crippen LogP contribution in [0.15, 0.2) is 36.4 Å². The molecule has 0 unspecified atom stereocenters. The van der Waals surface area contributed by atoms with Gasteiger partial charge in [0.1, 0.15) is 36.9 Å². The van der Waals surface area contributed by atoms with Crippen molar-refractivity contribution in [3.63, 3.8) is 0 Å². The lowest BCUT2D eigenvalue weighted by Crippen LogP contribution is -2.32. The Bertz CT molecular complexity index is 1090. The summed E-state index contributed by atoms with van der Waals surface area (Å²) < 4.78 is 15.8. The summed E-state index contributed by atoms with van der Waals surface area (Å²) >= 11 is 0. The Morgan fingerprint density at radius 1 is 0.889 bits per heavy atom. The van der Waals surface area contributed by atoms with Crippen LogP contribution in [0, 0.1) is 0 Å². The van der Waals surface area contributed by atoms with Crippen molar-refractivity contribution in [2.45, 2.75) is 31.6 Å². The van der Waals surface area contributed by atoms with Gasteiger partial charge in [0.25, 0.3) is 0 Å². The van der Waals surface area contributed by atoms with Gasteiger partial charge in [-0.3, -0.25) is 9.59 Å². The molecule has 1 amide bonds. The van der Waals surface area contributed by atoms with Crippen molar-refractivity contribution in [3.05, 3.63) is 53.1 Å². The third kappa shape index (κ3) is 7.28. The van der Waals surface area contributed by atoms with Crippen LogP contribution >= 0.6 is 0 Å². The quantitative estimate of drug-likeness (QED) is 0.333. The maximum atomic E-state index is 13.3. The highest BCUT2D eigenvalue weighted by Crippen LogP contribution is 2.34. The molecule has 0 fully saturated rings. The van der Waals surface area contributed by atoms with E-state index < -0.39 is 31.4 Å². The Kier molecular flexibility index (Phi) is 9.83. The molecule has 0 spiro atoms. The SMILES string of the molecule is COC(=O)CCC(=O)N1Cc2cc(OC[C@@H](O)CO)ccc2/C=C\c2ccc(OC[C@@H](O)CO)cc21. The van der Waals surface area contributed by atoms with Crippen molar-refractivity contribution < 1.29 is 44.2 Å². The van der Waals surface area contributed by atoms with Crippen molar-refractivity contribution in [1.29, 1.82) is 0 Å². The summed E-state index contributed by atoms with van der Waals surface area (Å²) in [6, 6.07) is 10.5. The fourth-order valence-corrected chi connectivity index (χ4v) is 3.55. The molecule has 0 saturated carbocycles. The Morgan fingerprint density at radius 2 is 1.47 bits per heavy atom. The van der Waals surface area contributed by atoms with Gasteiger partial charge in [0.05, 0.1) is 39.0 Å². The number of rotatable bonds is 11. The van der Waals surface area contributed by atoms with Crippen LogP contribution in [-0.2, 0) is 20.9 Å². The highest BCUT2D eigenvalue weighted by Gasteiger charge is 2.23. The number of nitrogens with zero attached hydrogens (tertiary/aromatic N) is 1. The molecular formula is C26H31NO9. The van der Waals surface area contributed by atoms with Crippen LogP contribution in [0.2, 0.25) is 0 Å². The topological polar surface area (TPSA) is 146 Å². The number of benzene rings is 2. The number of ether oxygens (including phenoxy) is 3. The molecule has 0 aliphatic carbocycles. The molecule has 0 aromatic heterocycles. The van der Waals surface area contributed by atoms with E-state index in [9.17, 15) is 19.8 Å². The van der Waals surface area contributed by atoms with Crippen LogP contribution in [0.1, 0.15) is 29.5 Å². The monoisotopic (exact) mass is 501 g/mol. The van der Waals surface area contributed by atoms with Crippen LogP contribution in [0.25, 0.3) is 12.2 Å². The number of carbonyl (C=O) groups is 2. The third-order valence-electron chi connectivity index (χ3n) is 5.56. The highest BCUT2D eigenvalue weighted by atomic mass is 16.5. The predicted molar refractivity (Wildman–Crippen MR) is 131 cm³/mol. The summed E-state index contributed by atoms with van der Waals surface area (Å²) in [5, 5.41) is 37.3. The molecule has 1 aliphatic heterocycles. The Balaban J connectivity index is 1.95. The van der Waals surface area contributed by atoms with Gasteiger partial charge in [-0.05, 0) is 41.0 Å². The minimum atomic E-state index is -1.04. The van der Waals surface area contributed by atoms with Crippen LogP contribution in [-0.4, -0.2) is 78.0 Å². The van der Waals surface area contributed by atoms with Gasteiger partial charge in [0.15, 0.2) is 0 Å². The standard InChI is InChI=1S/C26H31NO9/c1-34-26(33)9-8-25(32)27-12-19-10-22(35-15-20(30)13-28)6-4-17(19)2-3-18-5-7-23(11-24(18)27)36-16-21(31)14-29/h2-7,10-11,20-21,28-31H,8-9,12-16H2,1H3/b3-2-/t20-,21-/m0/s1. The lowest BCUT2D eigenvalue weighted by Gasteiger charge is -2.28. The number of aliphatic hydroxyl groups is 4. The molecule has 10 heteroatoms. The summed E-state index contributed by atoms with van der Waals surface area (Å²) in [7, 11) is 1.26. The van der Waals surface area contributed by atoms with Crippen molar-refractivity contribution in [1.82, 2.24) is 0 Å². The number of amides is 1. The van der Waals surface area contributed by atoms with Gasteiger partial charge in [-0.15, -0.1) is 0 Å². The Morgan fingerprint density at radius 3 is 2.08 bits per heavy atom. The molecular weight excluding hydrogens is 470 g/mol. The lowest BCUT2D eigenvalue weighted by molar-refractivity contribution is -0.141. The number of fused-ring (bicyclic) bond motifs is 2. The molecule has 1 aliphatic rings. The third-order valence-corrected chi connectivity index (χ3v) is 5.56. The summed E-state index contributed by atoms with van der Waals surface area (Å²) in [4.78, 5) is 26.5. The molecule has 2 aromatic carbocycles. The van der Waals surface area contributed by atoms with E-state index in [-0.39, 0.29) is 38.5 Å². The molecule has 36 heavy (non-hydrogen) atoms. The van der Waals surface area contributed by atoms with Crippen molar-refractivity contribution in [2.24, 2.45) is 0 Å². The highest BCUT2D eigenvalue weighted by molar-refractivity contribution is 5.98. The maximum absolute atomic E-state index is 13.3. The molecule has 4 N–H and O–H groups in total. The van der Waals surface area contributed by atoms with Crippen molar-refractivity contribution >= 4 is 29.7 Å². The molecule has 194 valence electrons. The zero-order valence-electron chi connectivity index (χ0n) is 20.0. The first-order valence-electron chi connectivity index (χ1n) is 11.5. The normalized spacial score (nSPS) is 15.0. The summed E-state index contributed by atoms with van der Waals surface area (Å²) in [5.74, 6) is 0.0605. The van der Waals surface area contributed by atoms with E-state index >= 15 is 0 Å². The second-order valence-corrected chi connectivity index (χ2v) is 8.27. The molecule has 10 nitrogen and oxygen atoms in total.